The number of piperazine rings is 1. The molecule has 2 rings (SSSR count). The van der Waals surface area contributed by atoms with E-state index in [-0.39, 0.29) is 18.3 Å². The van der Waals surface area contributed by atoms with Gasteiger partial charge in [0.05, 0.1) is 21.3 Å². The highest BCUT2D eigenvalue weighted by molar-refractivity contribution is 5.85. The summed E-state index contributed by atoms with van der Waals surface area (Å²) in [4.78, 5) is 15.6. The third-order valence-electron chi connectivity index (χ3n) is 4.00. The third-order valence-corrected chi connectivity index (χ3v) is 4.00. The van der Waals surface area contributed by atoms with Crippen molar-refractivity contribution in [3.63, 3.8) is 0 Å². The van der Waals surface area contributed by atoms with Crippen molar-refractivity contribution in [1.29, 1.82) is 0 Å². The van der Waals surface area contributed by atoms with Gasteiger partial charge < -0.3 is 19.1 Å². The Hall–Kier alpha value is -1.66. The first-order valence-electron chi connectivity index (χ1n) is 7.36. The molecule has 1 aliphatic rings. The molecular formula is C16H25ClN2O4. The normalized spacial score (nSPS) is 14.9. The maximum absolute atomic E-state index is 11.4. The van der Waals surface area contributed by atoms with E-state index in [0.717, 1.165) is 38.3 Å². The van der Waals surface area contributed by atoms with Gasteiger partial charge in [-0.05, 0) is 6.07 Å². The van der Waals surface area contributed by atoms with E-state index in [1.54, 1.807) is 28.3 Å². The first-order chi connectivity index (χ1) is 10.6. The van der Waals surface area contributed by atoms with Gasteiger partial charge in [-0.2, -0.15) is 0 Å². The molecule has 0 unspecified atom stereocenters. The monoisotopic (exact) mass is 344 g/mol. The van der Waals surface area contributed by atoms with Crippen molar-refractivity contribution < 1.29 is 19.0 Å². The van der Waals surface area contributed by atoms with Gasteiger partial charge >= 0.3 is 0 Å². The smallest absolute Gasteiger partial charge is 0.219 e. The standard InChI is InChI=1S/C16H24N2O4.ClH/c1-12(19)18-9-7-17(8-10-18)11-13-5-6-14(20-2)16(22-4)15(13)21-3;/h5-6H,7-11H2,1-4H3;1H. The van der Waals surface area contributed by atoms with Crippen LogP contribution in [0.3, 0.4) is 0 Å². The summed E-state index contributed by atoms with van der Waals surface area (Å²) in [6, 6.07) is 3.89. The van der Waals surface area contributed by atoms with Crippen LogP contribution in [-0.2, 0) is 11.3 Å². The van der Waals surface area contributed by atoms with Crippen molar-refractivity contribution in [1.82, 2.24) is 9.80 Å². The van der Waals surface area contributed by atoms with E-state index < -0.39 is 0 Å². The minimum absolute atomic E-state index is 0. The third kappa shape index (κ3) is 4.42. The highest BCUT2D eigenvalue weighted by atomic mass is 35.5. The summed E-state index contributed by atoms with van der Waals surface area (Å²) in [7, 11) is 4.85. The fourth-order valence-corrected chi connectivity index (χ4v) is 2.75. The Morgan fingerprint density at radius 2 is 1.61 bits per heavy atom. The second-order valence-electron chi connectivity index (χ2n) is 5.28. The van der Waals surface area contributed by atoms with E-state index in [1.165, 1.54) is 0 Å². The van der Waals surface area contributed by atoms with Crippen molar-refractivity contribution in [3.8, 4) is 17.2 Å². The van der Waals surface area contributed by atoms with Crippen molar-refractivity contribution in [2.75, 3.05) is 47.5 Å². The molecule has 1 fully saturated rings. The van der Waals surface area contributed by atoms with Gasteiger partial charge in [0.15, 0.2) is 11.5 Å². The summed E-state index contributed by atoms with van der Waals surface area (Å²) in [6.45, 7) is 5.63. The lowest BCUT2D eigenvalue weighted by molar-refractivity contribution is -0.130. The van der Waals surface area contributed by atoms with Crippen molar-refractivity contribution in [2.45, 2.75) is 13.5 Å². The fourth-order valence-electron chi connectivity index (χ4n) is 2.75. The van der Waals surface area contributed by atoms with Gasteiger partial charge in [-0.25, -0.2) is 0 Å². The molecule has 7 heteroatoms. The Labute approximate surface area is 143 Å². The van der Waals surface area contributed by atoms with Gasteiger partial charge in [0.25, 0.3) is 0 Å². The Kier molecular flexibility index (Phi) is 7.45. The van der Waals surface area contributed by atoms with Crippen LogP contribution in [0.15, 0.2) is 12.1 Å². The molecule has 0 spiro atoms. The second kappa shape index (κ2) is 8.84. The molecule has 0 bridgehead atoms. The minimum atomic E-state index is 0. The molecule has 1 heterocycles. The highest BCUT2D eigenvalue weighted by Gasteiger charge is 2.21. The SMILES string of the molecule is COc1ccc(CN2CCN(C(C)=O)CC2)c(OC)c1OC.Cl. The van der Waals surface area contributed by atoms with Gasteiger partial charge in [0.1, 0.15) is 0 Å². The molecule has 1 aromatic rings. The van der Waals surface area contributed by atoms with Crippen LogP contribution >= 0.6 is 12.4 Å². The number of benzene rings is 1. The number of halogens is 1. The lowest BCUT2D eigenvalue weighted by Crippen LogP contribution is -2.47. The summed E-state index contributed by atoms with van der Waals surface area (Å²) in [6.07, 6.45) is 0. The number of amides is 1. The molecule has 0 radical (unpaired) electrons. The van der Waals surface area contributed by atoms with Gasteiger partial charge in [0, 0.05) is 45.2 Å². The maximum Gasteiger partial charge on any atom is 0.219 e. The molecule has 130 valence electrons. The van der Waals surface area contributed by atoms with Crippen LogP contribution in [0.2, 0.25) is 0 Å². The van der Waals surface area contributed by atoms with Crippen LogP contribution in [0.25, 0.3) is 0 Å². The molecule has 6 nitrogen and oxygen atoms in total. The minimum Gasteiger partial charge on any atom is -0.493 e. The maximum atomic E-state index is 11.4. The van der Waals surface area contributed by atoms with Crippen LogP contribution in [0, 0.1) is 0 Å². The molecule has 23 heavy (non-hydrogen) atoms. The predicted octanol–water partition coefficient (Wildman–Crippen LogP) is 1.80. The first-order valence-corrected chi connectivity index (χ1v) is 7.36. The molecule has 0 N–H and O–H groups in total. The molecule has 1 aromatic carbocycles. The van der Waals surface area contributed by atoms with Crippen LogP contribution < -0.4 is 14.2 Å². The number of methoxy groups -OCH3 is 3. The van der Waals surface area contributed by atoms with E-state index in [1.807, 2.05) is 17.0 Å². The van der Waals surface area contributed by atoms with Crippen LogP contribution in [0.4, 0.5) is 0 Å². The summed E-state index contributed by atoms with van der Waals surface area (Å²) < 4.78 is 16.2. The molecule has 1 saturated heterocycles. The average Bonchev–Trinajstić information content (AvgIpc) is 2.54. The van der Waals surface area contributed by atoms with E-state index in [0.29, 0.717) is 17.2 Å². The number of carbonyl (C=O) groups is 1. The van der Waals surface area contributed by atoms with Gasteiger partial charge in [-0.1, -0.05) is 6.07 Å². The average molecular weight is 345 g/mol. The fraction of sp³-hybridized carbons (Fsp3) is 0.562. The molecule has 0 saturated carbocycles. The summed E-state index contributed by atoms with van der Waals surface area (Å²) in [5.74, 6) is 2.12. The zero-order chi connectivity index (χ0) is 16.1. The van der Waals surface area contributed by atoms with Crippen LogP contribution in [0.1, 0.15) is 12.5 Å². The zero-order valence-corrected chi connectivity index (χ0v) is 14.9. The molecular weight excluding hydrogens is 320 g/mol. The van der Waals surface area contributed by atoms with E-state index in [4.69, 9.17) is 14.2 Å². The van der Waals surface area contributed by atoms with Crippen LogP contribution in [-0.4, -0.2) is 63.2 Å². The molecule has 0 aliphatic carbocycles. The molecule has 0 aromatic heterocycles. The molecule has 0 atom stereocenters. The first kappa shape index (κ1) is 19.4. The summed E-state index contributed by atoms with van der Waals surface area (Å²) >= 11 is 0. The highest BCUT2D eigenvalue weighted by Crippen LogP contribution is 2.40. The Morgan fingerprint density at radius 1 is 1.00 bits per heavy atom. The van der Waals surface area contributed by atoms with Crippen LogP contribution in [0.5, 0.6) is 17.2 Å². The summed E-state index contributed by atoms with van der Waals surface area (Å²) in [5.41, 5.74) is 1.05. The lowest BCUT2D eigenvalue weighted by Gasteiger charge is -2.34. The predicted molar refractivity (Wildman–Crippen MR) is 90.9 cm³/mol. The van der Waals surface area contributed by atoms with Crippen molar-refractivity contribution in [2.24, 2.45) is 0 Å². The van der Waals surface area contributed by atoms with Crippen molar-refractivity contribution in [3.05, 3.63) is 17.7 Å². The quantitative estimate of drug-likeness (QED) is 0.815. The lowest BCUT2D eigenvalue weighted by atomic mass is 10.1. The summed E-state index contributed by atoms with van der Waals surface area (Å²) in [5, 5.41) is 0. The van der Waals surface area contributed by atoms with Gasteiger partial charge in [-0.3, -0.25) is 9.69 Å². The number of rotatable bonds is 5. The Bertz CT molecular complexity index is 531. The van der Waals surface area contributed by atoms with Gasteiger partial charge in [0.2, 0.25) is 11.7 Å². The number of carbonyl (C=O) groups excluding carboxylic acids is 1. The molecule has 1 aliphatic heterocycles. The Balaban J connectivity index is 0.00000264. The largest absolute Gasteiger partial charge is 0.493 e. The number of hydrogen-bond donors (Lipinski definition) is 0. The van der Waals surface area contributed by atoms with E-state index in [2.05, 4.69) is 4.90 Å². The number of nitrogens with zero attached hydrogens (tertiary/aromatic N) is 2. The van der Waals surface area contributed by atoms with E-state index in [9.17, 15) is 4.79 Å². The topological polar surface area (TPSA) is 51.2 Å². The zero-order valence-electron chi connectivity index (χ0n) is 14.1. The van der Waals surface area contributed by atoms with Gasteiger partial charge in [-0.15, -0.1) is 12.4 Å². The van der Waals surface area contributed by atoms with E-state index >= 15 is 0 Å². The second-order valence-corrected chi connectivity index (χ2v) is 5.28. The van der Waals surface area contributed by atoms with Crippen molar-refractivity contribution >= 4 is 18.3 Å². The number of hydrogen-bond acceptors (Lipinski definition) is 5. The Morgan fingerprint density at radius 3 is 2.09 bits per heavy atom. The number of ether oxygens (including phenoxy) is 3. The molecule has 1 amide bonds.